The van der Waals surface area contributed by atoms with Gasteiger partial charge in [0, 0.05) is 18.5 Å². The van der Waals surface area contributed by atoms with E-state index < -0.39 is 0 Å². The maximum absolute atomic E-state index is 5.27. The van der Waals surface area contributed by atoms with Crippen LogP contribution in [-0.4, -0.2) is 35.4 Å². The molecule has 0 fully saturated rings. The molecule has 2 N–H and O–H groups in total. The second-order valence-electron chi connectivity index (χ2n) is 7.31. The minimum absolute atomic E-state index is 0.547. The highest BCUT2D eigenvalue weighted by Crippen LogP contribution is 2.29. The van der Waals surface area contributed by atoms with Crippen LogP contribution in [0.25, 0.3) is 22.5 Å². The topological polar surface area (TPSA) is 88.1 Å². The van der Waals surface area contributed by atoms with E-state index in [1.165, 1.54) is 24.8 Å². The van der Waals surface area contributed by atoms with Crippen LogP contribution in [0, 0.1) is 4.77 Å². The minimum atomic E-state index is 0.547. The zero-order valence-electron chi connectivity index (χ0n) is 17.0. The summed E-state index contributed by atoms with van der Waals surface area (Å²) in [6, 6.07) is 16.6. The van der Waals surface area contributed by atoms with Crippen molar-refractivity contribution < 1.29 is 0 Å². The first-order valence-electron chi connectivity index (χ1n) is 10.3. The van der Waals surface area contributed by atoms with E-state index >= 15 is 0 Å². The fourth-order valence-corrected chi connectivity index (χ4v) is 3.81. The summed E-state index contributed by atoms with van der Waals surface area (Å²) >= 11 is 5.27. The number of aryl methyl sites for hydroxylation is 1. The Morgan fingerprint density at radius 3 is 2.50 bits per heavy atom. The second kappa shape index (κ2) is 9.58. The number of aromatic nitrogens is 7. The molecule has 154 valence electrons. The third-order valence-electron chi connectivity index (χ3n) is 5.15. The average molecular weight is 420 g/mol. The van der Waals surface area contributed by atoms with Crippen LogP contribution >= 0.6 is 12.2 Å². The first-order valence-corrected chi connectivity index (χ1v) is 10.7. The molecule has 0 atom stereocenters. The molecule has 30 heavy (non-hydrogen) atoms. The van der Waals surface area contributed by atoms with Gasteiger partial charge in [-0.2, -0.15) is 5.21 Å². The Morgan fingerprint density at radius 1 is 0.967 bits per heavy atom. The maximum Gasteiger partial charge on any atom is 0.213 e. The molecule has 0 radical (unpaired) electrons. The van der Waals surface area contributed by atoms with Crippen molar-refractivity contribution in [1.82, 2.24) is 35.4 Å². The van der Waals surface area contributed by atoms with E-state index in [2.05, 4.69) is 72.6 Å². The number of H-pyrrole nitrogens is 2. The predicted octanol–water partition coefficient (Wildman–Crippen LogP) is 4.96. The summed E-state index contributed by atoms with van der Waals surface area (Å²) in [5, 5.41) is 17.6. The molecule has 0 saturated heterocycles. The monoisotopic (exact) mass is 419 g/mol. The largest absolute Gasteiger partial charge is 0.272 e. The van der Waals surface area contributed by atoms with Gasteiger partial charge in [-0.05, 0) is 40.5 Å². The van der Waals surface area contributed by atoms with Crippen molar-refractivity contribution in [3.05, 3.63) is 64.7 Å². The van der Waals surface area contributed by atoms with Crippen LogP contribution in [0.4, 0.5) is 0 Å². The van der Waals surface area contributed by atoms with E-state index in [0.717, 1.165) is 41.9 Å². The van der Waals surface area contributed by atoms with Crippen molar-refractivity contribution in [2.45, 2.75) is 45.6 Å². The van der Waals surface area contributed by atoms with E-state index in [0.29, 0.717) is 10.6 Å². The van der Waals surface area contributed by atoms with E-state index in [1.54, 1.807) is 0 Å². The Bertz CT molecular complexity index is 1130. The van der Waals surface area contributed by atoms with Crippen LogP contribution in [0.2, 0.25) is 0 Å². The molecule has 4 rings (SSSR count). The molecule has 0 amide bonds. The van der Waals surface area contributed by atoms with Gasteiger partial charge in [-0.25, -0.2) is 4.98 Å². The molecule has 0 bridgehead atoms. The molecule has 0 aliphatic rings. The van der Waals surface area contributed by atoms with Crippen LogP contribution in [0.5, 0.6) is 0 Å². The summed E-state index contributed by atoms with van der Waals surface area (Å²) in [5.41, 5.74) is 4.33. The van der Waals surface area contributed by atoms with Gasteiger partial charge in [0.2, 0.25) is 10.6 Å². The smallest absolute Gasteiger partial charge is 0.213 e. The van der Waals surface area contributed by atoms with Gasteiger partial charge < -0.3 is 0 Å². The summed E-state index contributed by atoms with van der Waals surface area (Å²) in [7, 11) is 0. The molecule has 7 nitrogen and oxygen atoms in total. The van der Waals surface area contributed by atoms with Gasteiger partial charge >= 0.3 is 0 Å². The zero-order valence-corrected chi connectivity index (χ0v) is 17.8. The number of benzene rings is 2. The van der Waals surface area contributed by atoms with Crippen molar-refractivity contribution in [2.24, 2.45) is 0 Å². The first kappa shape index (κ1) is 20.2. The number of nitrogens with one attached hydrogen (secondary N) is 2. The van der Waals surface area contributed by atoms with Crippen LogP contribution in [0.3, 0.4) is 0 Å². The Kier molecular flexibility index (Phi) is 6.44. The fourth-order valence-electron chi connectivity index (χ4n) is 3.59. The van der Waals surface area contributed by atoms with Gasteiger partial charge in [-0.15, -0.1) is 10.2 Å². The van der Waals surface area contributed by atoms with Crippen molar-refractivity contribution in [2.75, 3.05) is 0 Å². The molecule has 0 spiro atoms. The number of nitrogens with zero attached hydrogens (tertiary/aromatic N) is 5. The van der Waals surface area contributed by atoms with Crippen molar-refractivity contribution >= 4 is 12.2 Å². The number of hydrogen-bond acceptors (Lipinski definition) is 5. The summed E-state index contributed by atoms with van der Waals surface area (Å²) in [6.45, 7) is 3.15. The number of unbranched alkanes of at least 4 members (excludes halogenated alkanes) is 3. The van der Waals surface area contributed by atoms with Crippen LogP contribution < -0.4 is 0 Å². The molecular weight excluding hydrogens is 394 g/mol. The van der Waals surface area contributed by atoms with E-state index in [1.807, 2.05) is 18.2 Å². The Balaban J connectivity index is 1.52. The molecule has 0 aliphatic heterocycles. The summed E-state index contributed by atoms with van der Waals surface area (Å²) in [4.78, 5) is 4.53. The molecule has 8 heteroatoms. The van der Waals surface area contributed by atoms with Crippen molar-refractivity contribution in [3.63, 3.8) is 0 Å². The quantitative estimate of drug-likeness (QED) is 0.296. The lowest BCUT2D eigenvalue weighted by Crippen LogP contribution is -2.06. The lowest BCUT2D eigenvalue weighted by molar-refractivity contribution is 0.524. The predicted molar refractivity (Wildman–Crippen MR) is 119 cm³/mol. The van der Waals surface area contributed by atoms with Crippen molar-refractivity contribution in [1.29, 1.82) is 0 Å². The van der Waals surface area contributed by atoms with Gasteiger partial charge in [-0.1, -0.05) is 74.7 Å². The Labute approximate surface area is 180 Å². The maximum atomic E-state index is 5.27. The highest BCUT2D eigenvalue weighted by Gasteiger charge is 2.11. The molecule has 2 aromatic carbocycles. The lowest BCUT2D eigenvalue weighted by atomic mass is 9.98. The molecule has 2 heterocycles. The number of hydrogen-bond donors (Lipinski definition) is 2. The third kappa shape index (κ3) is 4.71. The summed E-state index contributed by atoms with van der Waals surface area (Å²) < 4.78 is 2.64. The molecular formula is C22H25N7S. The summed E-state index contributed by atoms with van der Waals surface area (Å²) in [6.07, 6.45) is 5.59. The van der Waals surface area contributed by atoms with E-state index in [-0.39, 0.29) is 0 Å². The Hall–Kier alpha value is -3.13. The third-order valence-corrected chi connectivity index (χ3v) is 5.33. The van der Waals surface area contributed by atoms with Crippen molar-refractivity contribution in [3.8, 4) is 22.5 Å². The van der Waals surface area contributed by atoms with E-state index in [9.17, 15) is 0 Å². The standard InChI is InChI=1S/C22H25N7S/c1-2-3-4-7-14-29-20(23-22(30)26-29)15-16-10-12-17(13-11-16)18-8-5-6-9-19(18)21-24-27-28-25-21/h5-6,8-13H,2-4,7,14-15H2,1H3,(H,26,30)(H,24,25,27,28). The van der Waals surface area contributed by atoms with Crippen LogP contribution in [-0.2, 0) is 13.0 Å². The zero-order chi connectivity index (χ0) is 20.8. The fraction of sp³-hybridized carbons (Fsp3) is 0.318. The van der Waals surface area contributed by atoms with Gasteiger partial charge in [0.15, 0.2) is 0 Å². The normalized spacial score (nSPS) is 11.1. The van der Waals surface area contributed by atoms with Gasteiger partial charge in [-0.3, -0.25) is 9.78 Å². The van der Waals surface area contributed by atoms with Crippen LogP contribution in [0.1, 0.15) is 44.0 Å². The SMILES string of the molecule is CCCCCCn1[nH]c(=S)nc1Cc1ccc(-c2ccccc2-c2nn[nH]n2)cc1. The van der Waals surface area contributed by atoms with Gasteiger partial charge in [0.1, 0.15) is 5.82 Å². The lowest BCUT2D eigenvalue weighted by Gasteiger charge is -2.09. The van der Waals surface area contributed by atoms with Gasteiger partial charge in [0.05, 0.1) is 0 Å². The number of aromatic amines is 2. The molecule has 2 aromatic heterocycles. The highest BCUT2D eigenvalue weighted by atomic mass is 32.1. The minimum Gasteiger partial charge on any atom is -0.272 e. The second-order valence-corrected chi connectivity index (χ2v) is 7.70. The average Bonchev–Trinajstić information content (AvgIpc) is 3.42. The first-order chi connectivity index (χ1) is 14.7. The molecule has 4 aromatic rings. The van der Waals surface area contributed by atoms with Crippen LogP contribution in [0.15, 0.2) is 48.5 Å². The molecule has 0 unspecified atom stereocenters. The van der Waals surface area contributed by atoms with Gasteiger partial charge in [0.25, 0.3) is 0 Å². The number of tetrazole rings is 1. The molecule has 0 saturated carbocycles. The Morgan fingerprint density at radius 2 is 1.77 bits per heavy atom. The number of rotatable bonds is 9. The molecule has 0 aliphatic carbocycles. The highest BCUT2D eigenvalue weighted by molar-refractivity contribution is 7.71. The summed E-state index contributed by atoms with van der Waals surface area (Å²) in [5.74, 6) is 1.57. The van der Waals surface area contributed by atoms with E-state index in [4.69, 9.17) is 12.2 Å².